The number of hydrogen-bond donors (Lipinski definition) is 2. The van der Waals surface area contributed by atoms with Gasteiger partial charge in [-0.15, -0.1) is 0 Å². The molecule has 15 heteroatoms. The number of rotatable bonds is 9. The summed E-state index contributed by atoms with van der Waals surface area (Å²) in [7, 11) is -1.85. The van der Waals surface area contributed by atoms with Crippen LogP contribution in [0, 0.1) is 0 Å². The van der Waals surface area contributed by atoms with E-state index in [9.17, 15) is 17.2 Å². The molecule has 0 saturated heterocycles. The number of nitrogens with zero attached hydrogens (tertiary/aromatic N) is 3. The first-order valence-electron chi connectivity index (χ1n) is 9.38. The molecule has 0 aliphatic heterocycles. The van der Waals surface area contributed by atoms with Gasteiger partial charge in [-0.2, -0.15) is 9.97 Å². The SMILES string of the molecule is COc1nc(NS(=O)(=O)c2c[nH]c3c(-c4cnoc4)c(Cl)ccc23)nc(OC)c1OCC(F)F. The summed E-state index contributed by atoms with van der Waals surface area (Å²) in [6.45, 7) is -0.965. The van der Waals surface area contributed by atoms with E-state index in [-0.39, 0.29) is 22.4 Å². The Morgan fingerprint density at radius 2 is 1.91 bits per heavy atom. The average molecular weight is 516 g/mol. The van der Waals surface area contributed by atoms with Gasteiger partial charge in [0.1, 0.15) is 17.8 Å². The van der Waals surface area contributed by atoms with E-state index in [1.807, 2.05) is 0 Å². The summed E-state index contributed by atoms with van der Waals surface area (Å²) in [4.78, 5) is 10.6. The van der Waals surface area contributed by atoms with Gasteiger partial charge in [-0.3, -0.25) is 0 Å². The van der Waals surface area contributed by atoms with Crippen molar-refractivity contribution in [3.8, 4) is 28.6 Å². The summed E-state index contributed by atoms with van der Waals surface area (Å²) < 4.78 is 73.6. The number of fused-ring (bicyclic) bond motifs is 1. The third-order valence-corrected chi connectivity index (χ3v) is 6.23. The Bertz CT molecular complexity index is 1400. The van der Waals surface area contributed by atoms with Crippen molar-refractivity contribution in [3.63, 3.8) is 0 Å². The Morgan fingerprint density at radius 3 is 2.50 bits per heavy atom. The van der Waals surface area contributed by atoms with Crippen LogP contribution < -0.4 is 18.9 Å². The van der Waals surface area contributed by atoms with E-state index < -0.39 is 29.0 Å². The van der Waals surface area contributed by atoms with Crippen LogP contribution in [0.4, 0.5) is 14.7 Å². The van der Waals surface area contributed by atoms with Crippen LogP contribution in [0.2, 0.25) is 5.02 Å². The lowest BCUT2D eigenvalue weighted by molar-refractivity contribution is 0.0781. The fraction of sp³-hybridized carbons (Fsp3) is 0.211. The van der Waals surface area contributed by atoms with Crippen molar-refractivity contribution in [1.29, 1.82) is 0 Å². The highest BCUT2D eigenvalue weighted by molar-refractivity contribution is 7.93. The molecule has 34 heavy (non-hydrogen) atoms. The largest absolute Gasteiger partial charge is 0.478 e. The molecule has 0 amide bonds. The highest BCUT2D eigenvalue weighted by Gasteiger charge is 2.26. The minimum absolute atomic E-state index is 0.128. The van der Waals surface area contributed by atoms with Gasteiger partial charge in [0.2, 0.25) is 11.7 Å². The van der Waals surface area contributed by atoms with Crippen molar-refractivity contribution in [2.24, 2.45) is 0 Å². The molecule has 3 heterocycles. The molecule has 4 aromatic rings. The van der Waals surface area contributed by atoms with Crippen molar-refractivity contribution in [1.82, 2.24) is 20.1 Å². The summed E-state index contributed by atoms with van der Waals surface area (Å²) in [5.74, 6) is -1.33. The number of aromatic amines is 1. The summed E-state index contributed by atoms with van der Waals surface area (Å²) in [5, 5.41) is 4.33. The molecule has 180 valence electrons. The molecular formula is C19H16ClF2N5O6S. The molecule has 4 rings (SSSR count). The maximum absolute atomic E-state index is 13.2. The van der Waals surface area contributed by atoms with Crippen molar-refractivity contribution in [3.05, 3.63) is 35.8 Å². The lowest BCUT2D eigenvalue weighted by atomic mass is 10.1. The van der Waals surface area contributed by atoms with Gasteiger partial charge in [0.15, 0.2) is 0 Å². The number of methoxy groups -OCH3 is 2. The average Bonchev–Trinajstić information content (AvgIpc) is 3.47. The Kier molecular flexibility index (Phi) is 6.43. The molecule has 2 N–H and O–H groups in total. The van der Waals surface area contributed by atoms with Gasteiger partial charge in [0, 0.05) is 22.7 Å². The fourth-order valence-corrected chi connectivity index (χ4v) is 4.54. The molecule has 0 unspecified atom stereocenters. The van der Waals surface area contributed by atoms with E-state index in [4.69, 9.17) is 30.3 Å². The lowest BCUT2D eigenvalue weighted by Gasteiger charge is -2.14. The third kappa shape index (κ3) is 4.41. The second kappa shape index (κ2) is 9.30. The van der Waals surface area contributed by atoms with E-state index in [2.05, 4.69) is 24.8 Å². The predicted octanol–water partition coefficient (Wildman–Crippen LogP) is 3.73. The molecular weight excluding hydrogens is 500 g/mol. The second-order valence-corrected chi connectivity index (χ2v) is 8.67. The molecule has 0 saturated carbocycles. The van der Waals surface area contributed by atoms with E-state index in [0.717, 1.165) is 0 Å². The first-order chi connectivity index (χ1) is 16.2. The maximum atomic E-state index is 13.2. The van der Waals surface area contributed by atoms with Crippen LogP contribution in [0.1, 0.15) is 0 Å². The normalized spacial score (nSPS) is 11.7. The standard InChI is InChI=1S/C19H16ClF2N5O6S/c1-30-17-16(32-8-13(21)22)18(31-2)26-19(25-17)27-34(28,29)12-6-23-15-10(12)3-4-11(20)14(15)9-5-24-33-7-9/h3-7,13,23H,8H2,1-2H3,(H,25,26,27). The first-order valence-corrected chi connectivity index (χ1v) is 11.2. The molecule has 0 aliphatic carbocycles. The highest BCUT2D eigenvalue weighted by Crippen LogP contribution is 2.38. The quantitative estimate of drug-likeness (QED) is 0.341. The van der Waals surface area contributed by atoms with Crippen molar-refractivity contribution >= 4 is 38.5 Å². The van der Waals surface area contributed by atoms with Gasteiger partial charge in [0.25, 0.3) is 28.2 Å². The first kappa shape index (κ1) is 23.5. The van der Waals surface area contributed by atoms with Crippen molar-refractivity contribution in [2.75, 3.05) is 25.5 Å². The van der Waals surface area contributed by atoms with E-state index in [1.54, 1.807) is 0 Å². The van der Waals surface area contributed by atoms with Crippen LogP contribution in [-0.2, 0) is 10.0 Å². The van der Waals surface area contributed by atoms with Crippen molar-refractivity contribution < 1.29 is 35.9 Å². The van der Waals surface area contributed by atoms with Crippen LogP contribution in [0.5, 0.6) is 17.5 Å². The summed E-state index contributed by atoms with van der Waals surface area (Å²) in [5.41, 5.74) is 1.48. The molecule has 0 atom stereocenters. The Balaban J connectivity index is 1.73. The molecule has 0 radical (unpaired) electrons. The zero-order valence-corrected chi connectivity index (χ0v) is 19.1. The number of anilines is 1. The summed E-state index contributed by atoms with van der Waals surface area (Å²) in [6.07, 6.45) is 1.32. The number of aromatic nitrogens is 4. The van der Waals surface area contributed by atoms with Gasteiger partial charge < -0.3 is 23.7 Å². The lowest BCUT2D eigenvalue weighted by Crippen LogP contribution is -2.16. The Hall–Kier alpha value is -3.65. The zero-order chi connectivity index (χ0) is 24.5. The zero-order valence-electron chi connectivity index (χ0n) is 17.5. The third-order valence-electron chi connectivity index (χ3n) is 4.55. The number of halogens is 3. The minimum atomic E-state index is -4.24. The molecule has 1 aromatic carbocycles. The van der Waals surface area contributed by atoms with Crippen LogP contribution >= 0.6 is 11.6 Å². The molecule has 11 nitrogen and oxygen atoms in total. The molecule has 3 aromatic heterocycles. The van der Waals surface area contributed by atoms with E-state index >= 15 is 0 Å². The number of ether oxygens (including phenoxy) is 3. The van der Waals surface area contributed by atoms with Crippen molar-refractivity contribution in [2.45, 2.75) is 11.3 Å². The van der Waals surface area contributed by atoms with Gasteiger partial charge in [-0.25, -0.2) is 21.9 Å². The molecule has 0 spiro atoms. The number of alkyl halides is 2. The molecule has 0 fully saturated rings. The summed E-state index contributed by atoms with van der Waals surface area (Å²) >= 11 is 6.31. The molecule has 0 aliphatic rings. The van der Waals surface area contributed by atoms with E-state index in [0.29, 0.717) is 27.1 Å². The monoisotopic (exact) mass is 515 g/mol. The van der Waals surface area contributed by atoms with Gasteiger partial charge >= 0.3 is 0 Å². The van der Waals surface area contributed by atoms with Crippen LogP contribution in [0.3, 0.4) is 0 Å². The van der Waals surface area contributed by atoms with Gasteiger partial charge in [-0.05, 0) is 12.1 Å². The number of benzene rings is 1. The van der Waals surface area contributed by atoms with Gasteiger partial charge in [0.05, 0.1) is 31.0 Å². The number of sulfonamides is 1. The molecule has 0 bridgehead atoms. The summed E-state index contributed by atoms with van der Waals surface area (Å²) in [6, 6.07) is 3.07. The van der Waals surface area contributed by atoms with Crippen LogP contribution in [0.25, 0.3) is 22.0 Å². The van der Waals surface area contributed by atoms with Crippen LogP contribution in [0.15, 0.2) is 40.2 Å². The van der Waals surface area contributed by atoms with E-state index in [1.165, 1.54) is 45.0 Å². The fourth-order valence-electron chi connectivity index (χ4n) is 3.16. The topological polar surface area (TPSA) is 141 Å². The number of H-pyrrole nitrogens is 1. The Morgan fingerprint density at radius 1 is 1.21 bits per heavy atom. The smallest absolute Gasteiger partial charge is 0.272 e. The predicted molar refractivity (Wildman–Crippen MR) is 116 cm³/mol. The maximum Gasteiger partial charge on any atom is 0.272 e. The highest BCUT2D eigenvalue weighted by atomic mass is 35.5. The number of nitrogens with one attached hydrogen (secondary N) is 2. The second-order valence-electron chi connectivity index (χ2n) is 6.61. The van der Waals surface area contributed by atoms with Gasteiger partial charge in [-0.1, -0.05) is 16.8 Å². The van der Waals surface area contributed by atoms with Crippen LogP contribution in [-0.4, -0.2) is 55.8 Å². The number of hydrogen-bond acceptors (Lipinski definition) is 9. The minimum Gasteiger partial charge on any atom is -0.478 e. The Labute approximate surface area is 196 Å².